The molecule has 1 unspecified atom stereocenters. The number of halogens is 1. The van der Waals surface area contributed by atoms with Crippen molar-refractivity contribution in [1.82, 2.24) is 0 Å². The van der Waals surface area contributed by atoms with Crippen LogP contribution in [0.25, 0.3) is 0 Å². The minimum Gasteiger partial charge on any atom is -0.330 e. The molecule has 0 saturated carbocycles. The van der Waals surface area contributed by atoms with Crippen molar-refractivity contribution in [1.29, 1.82) is 0 Å². The van der Waals surface area contributed by atoms with Crippen molar-refractivity contribution in [2.75, 3.05) is 18.6 Å². The molecule has 0 aliphatic carbocycles. The van der Waals surface area contributed by atoms with Gasteiger partial charge in [0.25, 0.3) is 0 Å². The molecule has 3 heteroatoms. The SMILES string of the molecule is CSCC(CN)c1cccc(Cl)c1. The van der Waals surface area contributed by atoms with Crippen molar-refractivity contribution in [3.63, 3.8) is 0 Å². The maximum Gasteiger partial charge on any atom is 0.0408 e. The Morgan fingerprint density at radius 1 is 1.54 bits per heavy atom. The minimum atomic E-state index is 0.425. The van der Waals surface area contributed by atoms with Gasteiger partial charge in [-0.25, -0.2) is 0 Å². The van der Waals surface area contributed by atoms with E-state index in [1.54, 1.807) is 0 Å². The Bertz CT molecular complexity index is 265. The minimum absolute atomic E-state index is 0.425. The molecule has 1 rings (SSSR count). The highest BCUT2D eigenvalue weighted by Gasteiger charge is 2.08. The average molecular weight is 216 g/mol. The molecule has 1 nitrogen and oxygen atoms in total. The zero-order chi connectivity index (χ0) is 9.68. The van der Waals surface area contributed by atoms with Crippen LogP contribution in [-0.2, 0) is 0 Å². The van der Waals surface area contributed by atoms with E-state index >= 15 is 0 Å². The second-order valence-corrected chi connectivity index (χ2v) is 4.29. The molecule has 0 aliphatic rings. The molecule has 0 radical (unpaired) electrons. The predicted octanol–water partition coefficient (Wildman–Crippen LogP) is 2.75. The molecule has 0 aliphatic heterocycles. The van der Waals surface area contributed by atoms with Gasteiger partial charge < -0.3 is 5.73 Å². The number of thioether (sulfide) groups is 1. The fraction of sp³-hybridized carbons (Fsp3) is 0.400. The van der Waals surface area contributed by atoms with Crippen molar-refractivity contribution in [2.45, 2.75) is 5.92 Å². The highest BCUT2D eigenvalue weighted by Crippen LogP contribution is 2.21. The van der Waals surface area contributed by atoms with Crippen LogP contribution in [0.5, 0.6) is 0 Å². The quantitative estimate of drug-likeness (QED) is 0.836. The van der Waals surface area contributed by atoms with Crippen LogP contribution >= 0.6 is 23.4 Å². The number of benzene rings is 1. The first-order valence-corrected chi connectivity index (χ1v) is 5.99. The third-order valence-electron chi connectivity index (χ3n) is 1.97. The van der Waals surface area contributed by atoms with Gasteiger partial charge in [-0.05, 0) is 30.5 Å². The lowest BCUT2D eigenvalue weighted by atomic mass is 10.0. The van der Waals surface area contributed by atoms with Crippen LogP contribution in [0.2, 0.25) is 5.02 Å². The Hall–Kier alpha value is -0.180. The molecule has 0 bridgehead atoms. The molecule has 0 aromatic heterocycles. The monoisotopic (exact) mass is 215 g/mol. The Balaban J connectivity index is 2.78. The number of rotatable bonds is 4. The Labute approximate surface area is 88.7 Å². The lowest BCUT2D eigenvalue weighted by Gasteiger charge is -2.13. The molecule has 2 N–H and O–H groups in total. The van der Waals surface area contributed by atoms with E-state index in [2.05, 4.69) is 12.3 Å². The smallest absolute Gasteiger partial charge is 0.0408 e. The van der Waals surface area contributed by atoms with Gasteiger partial charge in [0.15, 0.2) is 0 Å². The summed E-state index contributed by atoms with van der Waals surface area (Å²) in [6.45, 7) is 0.682. The van der Waals surface area contributed by atoms with Crippen molar-refractivity contribution in [3.8, 4) is 0 Å². The van der Waals surface area contributed by atoms with Crippen molar-refractivity contribution in [3.05, 3.63) is 34.9 Å². The van der Waals surface area contributed by atoms with Crippen LogP contribution in [0.15, 0.2) is 24.3 Å². The molecule has 1 aromatic rings. The summed E-state index contributed by atoms with van der Waals surface area (Å²) in [4.78, 5) is 0. The fourth-order valence-corrected chi connectivity index (χ4v) is 2.19. The molecule has 0 spiro atoms. The zero-order valence-corrected chi connectivity index (χ0v) is 9.24. The Morgan fingerprint density at radius 3 is 2.85 bits per heavy atom. The van der Waals surface area contributed by atoms with E-state index in [0.717, 1.165) is 10.8 Å². The van der Waals surface area contributed by atoms with Gasteiger partial charge in [-0.15, -0.1) is 0 Å². The van der Waals surface area contributed by atoms with E-state index in [0.29, 0.717) is 12.5 Å². The summed E-state index contributed by atoms with van der Waals surface area (Å²) in [6.07, 6.45) is 2.09. The van der Waals surface area contributed by atoms with Gasteiger partial charge in [-0.3, -0.25) is 0 Å². The lowest BCUT2D eigenvalue weighted by molar-refractivity contribution is 0.786. The molecule has 1 atom stereocenters. The molecule has 13 heavy (non-hydrogen) atoms. The van der Waals surface area contributed by atoms with Crippen LogP contribution in [-0.4, -0.2) is 18.6 Å². The van der Waals surface area contributed by atoms with Crippen LogP contribution in [0, 0.1) is 0 Å². The Kier molecular flexibility index (Phi) is 4.64. The van der Waals surface area contributed by atoms with Gasteiger partial charge in [-0.1, -0.05) is 23.7 Å². The van der Waals surface area contributed by atoms with Gasteiger partial charge in [0.1, 0.15) is 0 Å². The fourth-order valence-electron chi connectivity index (χ4n) is 1.26. The van der Waals surface area contributed by atoms with Gasteiger partial charge in [0, 0.05) is 16.7 Å². The van der Waals surface area contributed by atoms with Crippen molar-refractivity contribution in [2.24, 2.45) is 5.73 Å². The van der Waals surface area contributed by atoms with Crippen LogP contribution in [0.4, 0.5) is 0 Å². The van der Waals surface area contributed by atoms with Crippen LogP contribution in [0.1, 0.15) is 11.5 Å². The predicted molar refractivity (Wildman–Crippen MR) is 61.6 cm³/mol. The maximum atomic E-state index is 5.90. The van der Waals surface area contributed by atoms with Gasteiger partial charge in [0.2, 0.25) is 0 Å². The highest BCUT2D eigenvalue weighted by atomic mass is 35.5. The van der Waals surface area contributed by atoms with E-state index in [1.165, 1.54) is 5.56 Å². The summed E-state index contributed by atoms with van der Waals surface area (Å²) in [7, 11) is 0. The summed E-state index contributed by atoms with van der Waals surface area (Å²) in [5, 5.41) is 0.789. The first-order chi connectivity index (χ1) is 6.27. The second-order valence-electron chi connectivity index (χ2n) is 2.94. The second kappa shape index (κ2) is 5.53. The average Bonchev–Trinajstić information content (AvgIpc) is 2.14. The van der Waals surface area contributed by atoms with E-state index < -0.39 is 0 Å². The summed E-state index contributed by atoms with van der Waals surface area (Å²) in [5.41, 5.74) is 6.92. The summed E-state index contributed by atoms with van der Waals surface area (Å²) >= 11 is 7.71. The normalized spacial score (nSPS) is 12.8. The lowest BCUT2D eigenvalue weighted by Crippen LogP contribution is -2.14. The van der Waals surface area contributed by atoms with Gasteiger partial charge in [-0.2, -0.15) is 11.8 Å². The molecular weight excluding hydrogens is 202 g/mol. The maximum absolute atomic E-state index is 5.90. The molecule has 0 heterocycles. The number of hydrogen-bond donors (Lipinski definition) is 1. The summed E-state index contributed by atoms with van der Waals surface area (Å²) in [5.74, 6) is 1.48. The third kappa shape index (κ3) is 3.22. The standard InChI is InChI=1S/C10H14ClNS/c1-13-7-9(6-12)8-3-2-4-10(11)5-8/h2-5,9H,6-7,12H2,1H3. The molecule has 0 saturated heterocycles. The number of nitrogens with two attached hydrogens (primary N) is 1. The van der Waals surface area contributed by atoms with E-state index in [9.17, 15) is 0 Å². The largest absolute Gasteiger partial charge is 0.330 e. The zero-order valence-electron chi connectivity index (χ0n) is 7.66. The third-order valence-corrected chi connectivity index (χ3v) is 2.94. The van der Waals surface area contributed by atoms with Crippen molar-refractivity contribution >= 4 is 23.4 Å². The highest BCUT2D eigenvalue weighted by molar-refractivity contribution is 7.98. The first-order valence-electron chi connectivity index (χ1n) is 4.22. The summed E-state index contributed by atoms with van der Waals surface area (Å²) in [6, 6.07) is 7.94. The molecule has 0 fully saturated rings. The number of hydrogen-bond acceptors (Lipinski definition) is 2. The van der Waals surface area contributed by atoms with E-state index in [-0.39, 0.29) is 0 Å². The molecule has 1 aromatic carbocycles. The summed E-state index contributed by atoms with van der Waals surface area (Å²) < 4.78 is 0. The van der Waals surface area contributed by atoms with Crippen LogP contribution < -0.4 is 5.73 Å². The molecule has 72 valence electrons. The van der Waals surface area contributed by atoms with Gasteiger partial charge in [0.05, 0.1) is 0 Å². The topological polar surface area (TPSA) is 26.0 Å². The van der Waals surface area contributed by atoms with Gasteiger partial charge >= 0.3 is 0 Å². The molecular formula is C10H14ClNS. The van der Waals surface area contributed by atoms with E-state index in [1.807, 2.05) is 30.0 Å². The van der Waals surface area contributed by atoms with E-state index in [4.69, 9.17) is 17.3 Å². The Morgan fingerprint density at radius 2 is 2.31 bits per heavy atom. The molecule has 0 amide bonds. The van der Waals surface area contributed by atoms with Crippen LogP contribution in [0.3, 0.4) is 0 Å². The first kappa shape index (κ1) is 10.9. The van der Waals surface area contributed by atoms with Crippen molar-refractivity contribution < 1.29 is 0 Å².